The Morgan fingerprint density at radius 2 is 2.39 bits per heavy atom. The maximum absolute atomic E-state index is 11.7. The highest BCUT2D eigenvalue weighted by molar-refractivity contribution is 5.92. The summed E-state index contributed by atoms with van der Waals surface area (Å²) in [6, 6.07) is 5.04. The number of carbonyl (C=O) groups is 1. The summed E-state index contributed by atoms with van der Waals surface area (Å²) in [4.78, 5) is 15.6. The molecule has 1 aromatic rings. The van der Waals surface area contributed by atoms with Crippen LogP contribution < -0.4 is 5.32 Å². The van der Waals surface area contributed by atoms with Crippen LogP contribution >= 0.6 is 0 Å². The van der Waals surface area contributed by atoms with Crippen LogP contribution in [0.15, 0.2) is 18.3 Å². The van der Waals surface area contributed by atoms with E-state index in [-0.39, 0.29) is 18.4 Å². The van der Waals surface area contributed by atoms with E-state index in [4.69, 9.17) is 10.4 Å². The molecular formula is C13H17N3O2. The molecule has 5 heteroatoms. The first-order valence-corrected chi connectivity index (χ1v) is 5.92. The molecule has 0 saturated heterocycles. The number of aromatic nitrogens is 1. The van der Waals surface area contributed by atoms with E-state index in [9.17, 15) is 4.79 Å². The average molecular weight is 247 g/mol. The van der Waals surface area contributed by atoms with E-state index >= 15 is 0 Å². The predicted octanol–water partition coefficient (Wildman–Crippen LogP) is 1.09. The molecule has 1 amide bonds. The number of amides is 1. The number of hydrogen-bond donors (Lipinski definition) is 2. The summed E-state index contributed by atoms with van der Waals surface area (Å²) in [5.41, 5.74) is 0.743. The van der Waals surface area contributed by atoms with Gasteiger partial charge in [0.05, 0.1) is 5.56 Å². The van der Waals surface area contributed by atoms with Crippen LogP contribution in [0, 0.1) is 17.2 Å². The van der Waals surface area contributed by atoms with E-state index < -0.39 is 0 Å². The fourth-order valence-corrected chi connectivity index (χ4v) is 1.43. The van der Waals surface area contributed by atoms with Crippen molar-refractivity contribution in [1.29, 1.82) is 5.26 Å². The molecule has 0 bridgehead atoms. The van der Waals surface area contributed by atoms with Gasteiger partial charge in [0.1, 0.15) is 11.8 Å². The largest absolute Gasteiger partial charge is 0.396 e. The maximum atomic E-state index is 11.7. The SMILES string of the molecule is CC(CO)CCCNC(=O)c1ccc(C#N)cn1. The van der Waals surface area contributed by atoms with Gasteiger partial charge in [0, 0.05) is 19.3 Å². The van der Waals surface area contributed by atoms with E-state index in [0.717, 1.165) is 12.8 Å². The number of nitrogens with zero attached hydrogens (tertiary/aromatic N) is 2. The molecule has 0 radical (unpaired) electrons. The lowest BCUT2D eigenvalue weighted by Crippen LogP contribution is -2.25. The van der Waals surface area contributed by atoms with Gasteiger partial charge in [-0.2, -0.15) is 5.26 Å². The van der Waals surface area contributed by atoms with Crippen LogP contribution in [0.25, 0.3) is 0 Å². The molecule has 0 spiro atoms. The van der Waals surface area contributed by atoms with Crippen LogP contribution in [0.3, 0.4) is 0 Å². The van der Waals surface area contributed by atoms with Gasteiger partial charge in [-0.05, 0) is 30.9 Å². The number of aliphatic hydroxyl groups excluding tert-OH is 1. The normalized spacial score (nSPS) is 11.6. The van der Waals surface area contributed by atoms with Gasteiger partial charge in [0.25, 0.3) is 5.91 Å². The first-order valence-electron chi connectivity index (χ1n) is 5.92. The highest BCUT2D eigenvalue weighted by atomic mass is 16.3. The molecule has 2 N–H and O–H groups in total. The molecule has 1 heterocycles. The molecule has 1 unspecified atom stereocenters. The number of nitriles is 1. The zero-order valence-corrected chi connectivity index (χ0v) is 10.4. The topological polar surface area (TPSA) is 86.0 Å². The van der Waals surface area contributed by atoms with Crippen molar-refractivity contribution in [3.8, 4) is 6.07 Å². The molecule has 0 aliphatic heterocycles. The van der Waals surface area contributed by atoms with Gasteiger partial charge >= 0.3 is 0 Å². The maximum Gasteiger partial charge on any atom is 0.269 e. The minimum atomic E-state index is -0.240. The lowest BCUT2D eigenvalue weighted by atomic mass is 10.1. The fraction of sp³-hybridized carbons (Fsp3) is 0.462. The van der Waals surface area contributed by atoms with Crippen LogP contribution in [-0.4, -0.2) is 29.1 Å². The van der Waals surface area contributed by atoms with Gasteiger partial charge in [-0.15, -0.1) is 0 Å². The Labute approximate surface area is 106 Å². The van der Waals surface area contributed by atoms with Crippen molar-refractivity contribution in [2.75, 3.05) is 13.2 Å². The first kappa shape index (κ1) is 14.1. The van der Waals surface area contributed by atoms with Gasteiger partial charge in [-0.3, -0.25) is 4.79 Å². The molecule has 18 heavy (non-hydrogen) atoms. The average Bonchev–Trinajstić information content (AvgIpc) is 2.43. The summed E-state index contributed by atoms with van der Waals surface area (Å²) >= 11 is 0. The van der Waals surface area contributed by atoms with Crippen LogP contribution in [0.5, 0.6) is 0 Å². The van der Waals surface area contributed by atoms with Gasteiger partial charge in [0.2, 0.25) is 0 Å². The van der Waals surface area contributed by atoms with Crippen LogP contribution in [-0.2, 0) is 0 Å². The van der Waals surface area contributed by atoms with Gasteiger partial charge < -0.3 is 10.4 Å². The van der Waals surface area contributed by atoms with Crippen molar-refractivity contribution >= 4 is 5.91 Å². The van der Waals surface area contributed by atoms with E-state index in [0.29, 0.717) is 17.8 Å². The highest BCUT2D eigenvalue weighted by Gasteiger charge is 2.06. The molecular weight excluding hydrogens is 230 g/mol. The fourth-order valence-electron chi connectivity index (χ4n) is 1.43. The van der Waals surface area contributed by atoms with Crippen molar-refractivity contribution in [3.63, 3.8) is 0 Å². The van der Waals surface area contributed by atoms with Gasteiger partial charge in [-0.1, -0.05) is 6.92 Å². The van der Waals surface area contributed by atoms with E-state index in [1.165, 1.54) is 12.3 Å². The second-order valence-electron chi connectivity index (χ2n) is 4.23. The Morgan fingerprint density at radius 3 is 2.94 bits per heavy atom. The standard InChI is InChI=1S/C13H17N3O2/c1-10(9-17)3-2-6-15-13(18)12-5-4-11(7-14)8-16-12/h4-5,8,10,17H,2-3,6,9H2,1H3,(H,15,18). The summed E-state index contributed by atoms with van der Waals surface area (Å²) in [7, 11) is 0. The third-order valence-corrected chi connectivity index (χ3v) is 2.60. The van der Waals surface area contributed by atoms with E-state index in [2.05, 4.69) is 10.3 Å². The predicted molar refractivity (Wildman–Crippen MR) is 66.8 cm³/mol. The molecule has 96 valence electrons. The molecule has 1 aromatic heterocycles. The van der Waals surface area contributed by atoms with Crippen molar-refractivity contribution < 1.29 is 9.90 Å². The van der Waals surface area contributed by atoms with Crippen molar-refractivity contribution in [3.05, 3.63) is 29.6 Å². The van der Waals surface area contributed by atoms with Crippen LogP contribution in [0.2, 0.25) is 0 Å². The zero-order valence-electron chi connectivity index (χ0n) is 10.4. The Morgan fingerprint density at radius 1 is 1.61 bits per heavy atom. The molecule has 0 fully saturated rings. The molecule has 0 aromatic carbocycles. The summed E-state index contributed by atoms with van der Waals surface area (Å²) < 4.78 is 0. The Bertz CT molecular complexity index is 423. The van der Waals surface area contributed by atoms with E-state index in [1.807, 2.05) is 13.0 Å². The molecule has 0 aliphatic carbocycles. The Balaban J connectivity index is 2.34. The zero-order chi connectivity index (χ0) is 13.4. The summed E-state index contributed by atoms with van der Waals surface area (Å²) in [5, 5.41) is 20.2. The molecule has 1 atom stereocenters. The van der Waals surface area contributed by atoms with E-state index in [1.54, 1.807) is 6.07 Å². The quantitative estimate of drug-likeness (QED) is 0.737. The minimum absolute atomic E-state index is 0.172. The molecule has 0 saturated carbocycles. The number of nitrogens with one attached hydrogen (secondary N) is 1. The number of rotatable bonds is 6. The molecule has 1 rings (SSSR count). The molecule has 5 nitrogen and oxygen atoms in total. The first-order chi connectivity index (χ1) is 8.67. The molecule has 0 aliphatic rings. The summed E-state index contributed by atoms with van der Waals surface area (Å²) in [6.45, 7) is 2.69. The lowest BCUT2D eigenvalue weighted by Gasteiger charge is -2.08. The third kappa shape index (κ3) is 4.52. The van der Waals surface area contributed by atoms with Crippen LogP contribution in [0.1, 0.15) is 35.8 Å². The highest BCUT2D eigenvalue weighted by Crippen LogP contribution is 2.03. The Hall–Kier alpha value is -1.93. The van der Waals surface area contributed by atoms with Crippen molar-refractivity contribution in [2.45, 2.75) is 19.8 Å². The Kier molecular flexibility index (Phi) is 5.81. The third-order valence-electron chi connectivity index (χ3n) is 2.60. The summed E-state index contributed by atoms with van der Waals surface area (Å²) in [6.07, 6.45) is 3.07. The monoisotopic (exact) mass is 247 g/mol. The van der Waals surface area contributed by atoms with Crippen molar-refractivity contribution in [1.82, 2.24) is 10.3 Å². The number of pyridine rings is 1. The second-order valence-corrected chi connectivity index (χ2v) is 4.23. The van der Waals surface area contributed by atoms with Crippen LogP contribution in [0.4, 0.5) is 0 Å². The summed E-state index contributed by atoms with van der Waals surface area (Å²) in [5.74, 6) is 0.0195. The number of carbonyl (C=O) groups excluding carboxylic acids is 1. The number of aliphatic hydroxyl groups is 1. The lowest BCUT2D eigenvalue weighted by molar-refractivity contribution is 0.0947. The smallest absolute Gasteiger partial charge is 0.269 e. The van der Waals surface area contributed by atoms with Gasteiger partial charge in [-0.25, -0.2) is 4.98 Å². The minimum Gasteiger partial charge on any atom is -0.396 e. The number of hydrogen-bond acceptors (Lipinski definition) is 4. The van der Waals surface area contributed by atoms with Gasteiger partial charge in [0.15, 0.2) is 0 Å². The second kappa shape index (κ2) is 7.41. The van der Waals surface area contributed by atoms with Crippen molar-refractivity contribution in [2.24, 2.45) is 5.92 Å².